The fraction of sp³-hybridized carbons (Fsp3) is 0.222. The van der Waals surface area contributed by atoms with E-state index in [1.807, 2.05) is 26.0 Å². The Labute approximate surface area is 153 Å². The summed E-state index contributed by atoms with van der Waals surface area (Å²) in [4.78, 5) is 23.9. The maximum absolute atomic E-state index is 12.8. The third-order valence-electron chi connectivity index (χ3n) is 3.53. The first-order valence-electron chi connectivity index (χ1n) is 7.60. The number of halogens is 4. The second kappa shape index (κ2) is 7.78. The maximum Gasteiger partial charge on any atom is 0.417 e. The maximum atomic E-state index is 12.8. The van der Waals surface area contributed by atoms with Crippen LogP contribution >= 0.6 is 11.6 Å². The molecule has 0 bridgehead atoms. The van der Waals surface area contributed by atoms with Crippen LogP contribution in [-0.2, 0) is 15.8 Å². The summed E-state index contributed by atoms with van der Waals surface area (Å²) in [6.07, 6.45) is -5.17. The number of carbonyl (C=O) groups excluding carboxylic acids is 2. The van der Waals surface area contributed by atoms with Crippen molar-refractivity contribution >= 4 is 34.8 Å². The van der Waals surface area contributed by atoms with Crippen molar-refractivity contribution in [2.75, 3.05) is 10.6 Å². The average molecular weight is 385 g/mol. The minimum atomic E-state index is -4.64. The molecule has 2 amide bonds. The van der Waals surface area contributed by atoms with Gasteiger partial charge in [-0.15, -0.1) is 0 Å². The molecule has 0 heterocycles. The summed E-state index contributed by atoms with van der Waals surface area (Å²) in [7, 11) is 0. The Balaban J connectivity index is 2.01. The zero-order chi connectivity index (χ0) is 19.5. The topological polar surface area (TPSA) is 58.2 Å². The zero-order valence-corrected chi connectivity index (χ0v) is 14.8. The molecular weight excluding hydrogens is 369 g/mol. The number of hydrogen-bond acceptors (Lipinski definition) is 2. The quantitative estimate of drug-likeness (QED) is 0.733. The lowest BCUT2D eigenvalue weighted by Gasteiger charge is -2.12. The number of carbonyl (C=O) groups is 2. The molecule has 0 fully saturated rings. The predicted molar refractivity (Wildman–Crippen MR) is 94.2 cm³/mol. The smallest absolute Gasteiger partial charge is 0.326 e. The van der Waals surface area contributed by atoms with Crippen molar-refractivity contribution in [3.63, 3.8) is 0 Å². The van der Waals surface area contributed by atoms with Crippen LogP contribution in [0.15, 0.2) is 36.4 Å². The van der Waals surface area contributed by atoms with E-state index in [2.05, 4.69) is 10.6 Å². The van der Waals surface area contributed by atoms with Gasteiger partial charge in [0.15, 0.2) is 0 Å². The summed E-state index contributed by atoms with van der Waals surface area (Å²) < 4.78 is 38.5. The molecule has 0 aliphatic heterocycles. The van der Waals surface area contributed by atoms with E-state index in [4.69, 9.17) is 11.6 Å². The molecule has 0 saturated heterocycles. The predicted octanol–water partition coefficient (Wildman–Crippen LogP) is 4.94. The Bertz CT molecular complexity index is 851. The summed E-state index contributed by atoms with van der Waals surface area (Å²) in [5.41, 5.74) is 1.29. The third-order valence-corrected chi connectivity index (χ3v) is 3.86. The molecule has 0 aliphatic carbocycles. The summed E-state index contributed by atoms with van der Waals surface area (Å²) >= 11 is 5.52. The van der Waals surface area contributed by atoms with E-state index >= 15 is 0 Å². The van der Waals surface area contributed by atoms with E-state index in [1.54, 1.807) is 6.07 Å². The molecule has 26 heavy (non-hydrogen) atoms. The van der Waals surface area contributed by atoms with Gasteiger partial charge in [-0.25, -0.2) is 0 Å². The Kier molecular flexibility index (Phi) is 5.92. The molecule has 0 saturated carbocycles. The molecule has 2 N–H and O–H groups in total. The van der Waals surface area contributed by atoms with E-state index in [0.717, 1.165) is 23.3 Å². The van der Waals surface area contributed by atoms with Crippen LogP contribution in [0, 0.1) is 13.8 Å². The number of rotatable bonds is 4. The highest BCUT2D eigenvalue weighted by Crippen LogP contribution is 2.36. The van der Waals surface area contributed by atoms with Crippen molar-refractivity contribution in [1.82, 2.24) is 0 Å². The lowest BCUT2D eigenvalue weighted by molar-refractivity contribution is -0.137. The van der Waals surface area contributed by atoms with Gasteiger partial charge in [-0.1, -0.05) is 29.3 Å². The molecule has 8 heteroatoms. The van der Waals surface area contributed by atoms with Crippen molar-refractivity contribution in [2.45, 2.75) is 26.4 Å². The van der Waals surface area contributed by atoms with Gasteiger partial charge < -0.3 is 10.6 Å². The van der Waals surface area contributed by atoms with Crippen LogP contribution in [0.1, 0.15) is 23.1 Å². The van der Waals surface area contributed by atoms with Crippen molar-refractivity contribution in [3.8, 4) is 0 Å². The number of nitrogens with one attached hydrogen (secondary N) is 2. The highest BCUT2D eigenvalue weighted by atomic mass is 35.5. The molecule has 2 aromatic carbocycles. The fourth-order valence-corrected chi connectivity index (χ4v) is 2.54. The Morgan fingerprint density at radius 3 is 2.27 bits per heavy atom. The SMILES string of the molecule is Cc1ccc(NC(=O)CC(=O)Nc2ccc(Cl)c(C(F)(F)F)c2)c(C)c1. The third kappa shape index (κ3) is 5.23. The highest BCUT2D eigenvalue weighted by molar-refractivity contribution is 6.31. The average Bonchev–Trinajstić information content (AvgIpc) is 2.50. The van der Waals surface area contributed by atoms with Gasteiger partial charge in [0.25, 0.3) is 0 Å². The van der Waals surface area contributed by atoms with Gasteiger partial charge in [0.2, 0.25) is 11.8 Å². The Hall–Kier alpha value is -2.54. The first-order chi connectivity index (χ1) is 12.1. The molecule has 0 unspecified atom stereocenters. The van der Waals surface area contributed by atoms with Crippen molar-refractivity contribution < 1.29 is 22.8 Å². The second-order valence-electron chi connectivity index (χ2n) is 5.78. The molecular formula is C18H16ClF3N2O2. The minimum Gasteiger partial charge on any atom is -0.326 e. The highest BCUT2D eigenvalue weighted by Gasteiger charge is 2.33. The number of amides is 2. The molecule has 0 aromatic heterocycles. The van der Waals surface area contributed by atoms with Gasteiger partial charge in [0, 0.05) is 11.4 Å². The summed E-state index contributed by atoms with van der Waals surface area (Å²) in [5, 5.41) is 4.39. The zero-order valence-electron chi connectivity index (χ0n) is 14.0. The number of aryl methyl sites for hydroxylation is 2. The van der Waals surface area contributed by atoms with Crippen molar-refractivity contribution in [3.05, 3.63) is 58.1 Å². The first-order valence-corrected chi connectivity index (χ1v) is 7.98. The number of anilines is 2. The molecule has 0 radical (unpaired) electrons. The molecule has 4 nitrogen and oxygen atoms in total. The second-order valence-corrected chi connectivity index (χ2v) is 6.19. The van der Waals surface area contributed by atoms with Crippen LogP contribution in [0.5, 0.6) is 0 Å². The summed E-state index contributed by atoms with van der Waals surface area (Å²) in [6.45, 7) is 3.72. The Morgan fingerprint density at radius 1 is 1.00 bits per heavy atom. The number of alkyl halides is 3. The van der Waals surface area contributed by atoms with Gasteiger partial charge in [0.05, 0.1) is 10.6 Å². The molecule has 2 rings (SSSR count). The summed E-state index contributed by atoms with van der Waals surface area (Å²) in [5.74, 6) is -1.30. The van der Waals surface area contributed by atoms with E-state index in [-0.39, 0.29) is 5.69 Å². The van der Waals surface area contributed by atoms with E-state index < -0.39 is 35.0 Å². The molecule has 0 spiro atoms. The minimum absolute atomic E-state index is 0.0916. The van der Waals surface area contributed by atoms with Gasteiger partial charge in [0.1, 0.15) is 6.42 Å². The van der Waals surface area contributed by atoms with Crippen LogP contribution in [0.4, 0.5) is 24.5 Å². The Morgan fingerprint density at radius 2 is 1.65 bits per heavy atom. The number of hydrogen-bond donors (Lipinski definition) is 2. The van der Waals surface area contributed by atoms with Gasteiger partial charge in [-0.05, 0) is 43.7 Å². The largest absolute Gasteiger partial charge is 0.417 e. The molecule has 2 aromatic rings. The van der Waals surface area contributed by atoms with Crippen LogP contribution in [0.25, 0.3) is 0 Å². The summed E-state index contributed by atoms with van der Waals surface area (Å²) in [6, 6.07) is 8.40. The number of benzene rings is 2. The normalized spacial score (nSPS) is 11.2. The fourth-order valence-electron chi connectivity index (χ4n) is 2.32. The standard InChI is InChI=1S/C18H16ClF3N2O2/c1-10-3-6-15(11(2)7-10)24-17(26)9-16(25)23-12-4-5-14(19)13(8-12)18(20,21)22/h3-8H,9H2,1-2H3,(H,23,25)(H,24,26). The van der Waals surface area contributed by atoms with Crippen LogP contribution in [-0.4, -0.2) is 11.8 Å². The van der Waals surface area contributed by atoms with E-state index in [1.165, 1.54) is 6.07 Å². The van der Waals surface area contributed by atoms with Gasteiger partial charge >= 0.3 is 6.18 Å². The van der Waals surface area contributed by atoms with E-state index in [9.17, 15) is 22.8 Å². The van der Waals surface area contributed by atoms with Crippen LogP contribution < -0.4 is 10.6 Å². The van der Waals surface area contributed by atoms with Crippen molar-refractivity contribution in [2.24, 2.45) is 0 Å². The first kappa shape index (κ1) is 19.8. The lowest BCUT2D eigenvalue weighted by Crippen LogP contribution is -2.22. The molecule has 0 aliphatic rings. The van der Waals surface area contributed by atoms with Crippen LogP contribution in [0.2, 0.25) is 5.02 Å². The van der Waals surface area contributed by atoms with Crippen LogP contribution in [0.3, 0.4) is 0 Å². The molecule has 138 valence electrons. The van der Waals surface area contributed by atoms with Gasteiger partial charge in [-0.2, -0.15) is 13.2 Å². The lowest BCUT2D eigenvalue weighted by atomic mass is 10.1. The van der Waals surface area contributed by atoms with Crippen molar-refractivity contribution in [1.29, 1.82) is 0 Å². The molecule has 0 atom stereocenters. The monoisotopic (exact) mass is 384 g/mol. The van der Waals surface area contributed by atoms with E-state index in [0.29, 0.717) is 5.69 Å². The van der Waals surface area contributed by atoms with Gasteiger partial charge in [-0.3, -0.25) is 9.59 Å².